The van der Waals surface area contributed by atoms with Crippen LogP contribution >= 0.6 is 0 Å². The Balaban J connectivity index is 1.46. The van der Waals surface area contributed by atoms with E-state index in [9.17, 15) is 0 Å². The fourth-order valence-corrected chi connectivity index (χ4v) is 3.41. The van der Waals surface area contributed by atoms with E-state index in [0.29, 0.717) is 5.41 Å². The number of likely N-dealkylation sites (tertiary alicyclic amines) is 1. The molecular weight excluding hydrogens is 262 g/mol. The molecule has 2 heterocycles. The lowest BCUT2D eigenvalue weighted by molar-refractivity contribution is 0.0847. The molecule has 1 aromatic rings. The molecule has 0 spiro atoms. The molecular formula is C17H29N3O. The van der Waals surface area contributed by atoms with E-state index in [4.69, 9.17) is 4.52 Å². The van der Waals surface area contributed by atoms with E-state index in [-0.39, 0.29) is 0 Å². The molecule has 0 aromatic carbocycles. The van der Waals surface area contributed by atoms with Gasteiger partial charge in [-0.15, -0.1) is 0 Å². The standard InChI is InChI=1S/C17H29N3O/c1-3-17(4-2)7-9-20(10-8-17)13-16-11-15(19-21-16)12-18-14-5-6-14/h11,14,18H,3-10,12-13H2,1-2H3. The minimum Gasteiger partial charge on any atom is -0.360 e. The third-order valence-corrected chi connectivity index (χ3v) is 5.55. The summed E-state index contributed by atoms with van der Waals surface area (Å²) in [4.78, 5) is 2.52. The van der Waals surface area contributed by atoms with Gasteiger partial charge in [-0.1, -0.05) is 31.8 Å². The average molecular weight is 291 g/mol. The monoisotopic (exact) mass is 291 g/mol. The molecule has 1 aliphatic heterocycles. The molecule has 0 amide bonds. The van der Waals surface area contributed by atoms with Gasteiger partial charge in [0.1, 0.15) is 0 Å². The van der Waals surface area contributed by atoms with Crippen molar-refractivity contribution < 1.29 is 4.52 Å². The summed E-state index contributed by atoms with van der Waals surface area (Å²) in [5.41, 5.74) is 1.64. The Bertz CT molecular complexity index is 439. The Morgan fingerprint density at radius 2 is 2.00 bits per heavy atom. The van der Waals surface area contributed by atoms with Crippen molar-refractivity contribution in [3.05, 3.63) is 17.5 Å². The van der Waals surface area contributed by atoms with Crippen molar-refractivity contribution in [2.24, 2.45) is 5.41 Å². The molecule has 4 heteroatoms. The van der Waals surface area contributed by atoms with Gasteiger partial charge < -0.3 is 9.84 Å². The van der Waals surface area contributed by atoms with Crippen molar-refractivity contribution in [3.8, 4) is 0 Å². The molecule has 4 nitrogen and oxygen atoms in total. The first-order valence-electron chi connectivity index (χ1n) is 8.63. The van der Waals surface area contributed by atoms with E-state index in [1.165, 1.54) is 51.6 Å². The van der Waals surface area contributed by atoms with Gasteiger partial charge >= 0.3 is 0 Å². The van der Waals surface area contributed by atoms with Crippen LogP contribution in [0.3, 0.4) is 0 Å². The van der Waals surface area contributed by atoms with Gasteiger partial charge in [0.15, 0.2) is 5.76 Å². The topological polar surface area (TPSA) is 41.3 Å². The zero-order chi connectivity index (χ0) is 14.7. The summed E-state index contributed by atoms with van der Waals surface area (Å²) in [6.45, 7) is 8.84. The van der Waals surface area contributed by atoms with Crippen LogP contribution in [0.15, 0.2) is 10.6 Å². The molecule has 1 aromatic heterocycles. The van der Waals surface area contributed by atoms with Gasteiger partial charge in [0.05, 0.1) is 12.2 Å². The van der Waals surface area contributed by atoms with E-state index >= 15 is 0 Å². The highest BCUT2D eigenvalue weighted by atomic mass is 16.5. The van der Waals surface area contributed by atoms with Crippen molar-refractivity contribution in [2.75, 3.05) is 13.1 Å². The van der Waals surface area contributed by atoms with E-state index in [2.05, 4.69) is 35.3 Å². The number of nitrogens with one attached hydrogen (secondary N) is 1. The molecule has 3 rings (SSSR count). The zero-order valence-corrected chi connectivity index (χ0v) is 13.5. The maximum atomic E-state index is 5.49. The Kier molecular flexibility index (Phi) is 4.65. The van der Waals surface area contributed by atoms with Crippen molar-refractivity contribution in [3.63, 3.8) is 0 Å². The lowest BCUT2D eigenvalue weighted by atomic mass is 9.74. The highest BCUT2D eigenvalue weighted by Gasteiger charge is 2.31. The normalized spacial score (nSPS) is 22.6. The molecule has 1 aliphatic carbocycles. The lowest BCUT2D eigenvalue weighted by Crippen LogP contribution is -2.39. The smallest absolute Gasteiger partial charge is 0.151 e. The predicted octanol–water partition coefficient (Wildman–Crippen LogP) is 3.33. The Hall–Kier alpha value is -0.870. The fraction of sp³-hybridized carbons (Fsp3) is 0.824. The minimum atomic E-state index is 0.595. The number of aromatic nitrogens is 1. The third-order valence-electron chi connectivity index (χ3n) is 5.55. The van der Waals surface area contributed by atoms with Crippen LogP contribution in [0.5, 0.6) is 0 Å². The second-order valence-corrected chi connectivity index (χ2v) is 6.92. The summed E-state index contributed by atoms with van der Waals surface area (Å²) < 4.78 is 5.49. The van der Waals surface area contributed by atoms with Gasteiger partial charge in [0.25, 0.3) is 0 Å². The van der Waals surface area contributed by atoms with Gasteiger partial charge in [0, 0.05) is 18.7 Å². The lowest BCUT2D eigenvalue weighted by Gasteiger charge is -2.40. The first-order chi connectivity index (χ1) is 10.2. The highest BCUT2D eigenvalue weighted by molar-refractivity contribution is 5.06. The van der Waals surface area contributed by atoms with Gasteiger partial charge in [-0.2, -0.15) is 0 Å². The van der Waals surface area contributed by atoms with Gasteiger partial charge in [-0.3, -0.25) is 4.90 Å². The number of rotatable bonds is 7. The van der Waals surface area contributed by atoms with Crippen LogP contribution in [0, 0.1) is 5.41 Å². The second-order valence-electron chi connectivity index (χ2n) is 6.92. The Morgan fingerprint density at radius 3 is 2.62 bits per heavy atom. The van der Waals surface area contributed by atoms with Crippen molar-refractivity contribution in [1.82, 2.24) is 15.4 Å². The average Bonchev–Trinajstić information content (AvgIpc) is 3.26. The summed E-state index contributed by atoms with van der Waals surface area (Å²) in [5, 5.41) is 7.66. The second kappa shape index (κ2) is 6.49. The minimum absolute atomic E-state index is 0.595. The molecule has 0 radical (unpaired) electrons. The van der Waals surface area contributed by atoms with Crippen LogP contribution in [0.1, 0.15) is 63.8 Å². The van der Waals surface area contributed by atoms with Crippen LogP contribution in [-0.4, -0.2) is 29.2 Å². The molecule has 118 valence electrons. The fourth-order valence-electron chi connectivity index (χ4n) is 3.41. The van der Waals surface area contributed by atoms with Crippen LogP contribution in [-0.2, 0) is 13.1 Å². The SMILES string of the molecule is CCC1(CC)CCN(Cc2cc(CNC3CC3)no2)CC1. The number of hydrogen-bond donors (Lipinski definition) is 1. The van der Waals surface area contributed by atoms with Crippen LogP contribution in [0.2, 0.25) is 0 Å². The number of piperidine rings is 1. The maximum absolute atomic E-state index is 5.49. The summed E-state index contributed by atoms with van der Waals surface area (Å²) in [6.07, 6.45) is 7.91. The third kappa shape index (κ3) is 3.86. The largest absolute Gasteiger partial charge is 0.360 e. The van der Waals surface area contributed by atoms with E-state index in [0.717, 1.165) is 30.6 Å². The molecule has 1 N–H and O–H groups in total. The van der Waals surface area contributed by atoms with Gasteiger partial charge in [0.2, 0.25) is 0 Å². The molecule has 0 bridgehead atoms. The van der Waals surface area contributed by atoms with Crippen molar-refractivity contribution >= 4 is 0 Å². The maximum Gasteiger partial charge on any atom is 0.151 e. The quantitative estimate of drug-likeness (QED) is 0.836. The van der Waals surface area contributed by atoms with Crippen LogP contribution in [0.4, 0.5) is 0 Å². The predicted molar refractivity (Wildman–Crippen MR) is 83.9 cm³/mol. The Morgan fingerprint density at radius 1 is 1.29 bits per heavy atom. The Labute approximate surface area is 128 Å². The first-order valence-corrected chi connectivity index (χ1v) is 8.63. The summed E-state index contributed by atoms with van der Waals surface area (Å²) in [6, 6.07) is 2.85. The van der Waals surface area contributed by atoms with E-state index in [1.807, 2.05) is 0 Å². The first kappa shape index (κ1) is 15.0. The van der Waals surface area contributed by atoms with Crippen LogP contribution in [0.25, 0.3) is 0 Å². The molecule has 0 atom stereocenters. The molecule has 1 saturated carbocycles. The van der Waals surface area contributed by atoms with E-state index < -0.39 is 0 Å². The number of hydrogen-bond acceptors (Lipinski definition) is 4. The van der Waals surface area contributed by atoms with Crippen molar-refractivity contribution in [2.45, 2.75) is 71.5 Å². The molecule has 2 aliphatic rings. The molecule has 0 unspecified atom stereocenters. The molecule has 21 heavy (non-hydrogen) atoms. The van der Waals surface area contributed by atoms with Gasteiger partial charge in [-0.25, -0.2) is 0 Å². The molecule has 1 saturated heterocycles. The van der Waals surface area contributed by atoms with Crippen molar-refractivity contribution in [1.29, 1.82) is 0 Å². The van der Waals surface area contributed by atoms with Gasteiger partial charge in [-0.05, 0) is 44.2 Å². The van der Waals surface area contributed by atoms with Crippen LogP contribution < -0.4 is 5.32 Å². The zero-order valence-electron chi connectivity index (χ0n) is 13.5. The summed E-state index contributed by atoms with van der Waals surface area (Å²) in [7, 11) is 0. The molecule has 2 fully saturated rings. The highest BCUT2D eigenvalue weighted by Crippen LogP contribution is 2.38. The van der Waals surface area contributed by atoms with E-state index in [1.54, 1.807) is 0 Å². The number of nitrogens with zero attached hydrogens (tertiary/aromatic N) is 2. The summed E-state index contributed by atoms with van der Waals surface area (Å²) in [5.74, 6) is 1.02. The summed E-state index contributed by atoms with van der Waals surface area (Å²) >= 11 is 0.